The van der Waals surface area contributed by atoms with Gasteiger partial charge in [0.1, 0.15) is 5.75 Å². The first-order valence-electron chi connectivity index (χ1n) is 8.61. The maximum atomic E-state index is 10.6. The van der Waals surface area contributed by atoms with E-state index in [0.29, 0.717) is 0 Å². The summed E-state index contributed by atoms with van der Waals surface area (Å²) in [6.45, 7) is 0. The Bertz CT molecular complexity index is 1160. The van der Waals surface area contributed by atoms with Gasteiger partial charge in [-0.15, -0.1) is 0 Å². The maximum Gasteiger partial charge on any atom is 0.490 e. The number of rotatable bonds is 3. The average molecular weight is 415 g/mol. The van der Waals surface area contributed by atoms with Crippen molar-refractivity contribution in [1.29, 1.82) is 0 Å². The van der Waals surface area contributed by atoms with E-state index < -0.39 is 12.1 Å². The minimum absolute atomic E-state index is 0.865. The topological polar surface area (TPSA) is 77.2 Å². The summed E-state index contributed by atoms with van der Waals surface area (Å²) in [6, 6.07) is 16.3. The van der Waals surface area contributed by atoms with Crippen molar-refractivity contribution in [3.05, 3.63) is 73.3 Å². The van der Waals surface area contributed by atoms with Crippen molar-refractivity contribution in [3.63, 3.8) is 0 Å². The van der Waals surface area contributed by atoms with Crippen LogP contribution in [0.15, 0.2) is 73.3 Å². The number of aliphatic carboxylic acids is 1. The summed E-state index contributed by atoms with van der Waals surface area (Å²) >= 11 is 0. The first-order chi connectivity index (χ1) is 14.3. The molecule has 0 amide bonds. The highest BCUT2D eigenvalue weighted by Crippen LogP contribution is 2.24. The van der Waals surface area contributed by atoms with Crippen molar-refractivity contribution >= 4 is 16.7 Å². The van der Waals surface area contributed by atoms with Crippen LogP contribution < -0.4 is 4.74 Å². The SMILES string of the molecule is COc1ccc2cc(-n3cc(-c4ccncc4)cn3)ccc2c1.O=C(O)C(F)(F)F. The Kier molecular flexibility index (Phi) is 6.01. The largest absolute Gasteiger partial charge is 0.497 e. The van der Waals surface area contributed by atoms with E-state index in [2.05, 4.69) is 34.3 Å². The highest BCUT2D eigenvalue weighted by atomic mass is 19.4. The van der Waals surface area contributed by atoms with Gasteiger partial charge in [0.05, 0.1) is 19.0 Å². The van der Waals surface area contributed by atoms with Gasteiger partial charge in [-0.1, -0.05) is 12.1 Å². The minimum atomic E-state index is -5.08. The molecule has 2 aromatic carbocycles. The lowest BCUT2D eigenvalue weighted by Crippen LogP contribution is -2.21. The number of halogens is 3. The summed E-state index contributed by atoms with van der Waals surface area (Å²) in [4.78, 5) is 12.9. The predicted octanol–water partition coefficient (Wildman–Crippen LogP) is 4.73. The van der Waals surface area contributed by atoms with Crippen LogP contribution in [0.25, 0.3) is 27.6 Å². The molecule has 2 aromatic heterocycles. The minimum Gasteiger partial charge on any atom is -0.497 e. The molecule has 154 valence electrons. The van der Waals surface area contributed by atoms with Crippen molar-refractivity contribution in [2.24, 2.45) is 0 Å². The summed E-state index contributed by atoms with van der Waals surface area (Å²) in [6.07, 6.45) is 2.39. The molecule has 30 heavy (non-hydrogen) atoms. The Morgan fingerprint density at radius 2 is 1.63 bits per heavy atom. The van der Waals surface area contributed by atoms with Crippen molar-refractivity contribution in [2.45, 2.75) is 6.18 Å². The van der Waals surface area contributed by atoms with Crippen LogP contribution in [0.1, 0.15) is 0 Å². The number of benzene rings is 2. The smallest absolute Gasteiger partial charge is 0.490 e. The fourth-order valence-corrected chi connectivity index (χ4v) is 2.64. The zero-order chi connectivity index (χ0) is 21.7. The number of ether oxygens (including phenoxy) is 1. The zero-order valence-corrected chi connectivity index (χ0v) is 15.7. The Balaban J connectivity index is 0.000000318. The molecule has 0 radical (unpaired) electrons. The van der Waals surface area contributed by atoms with E-state index in [0.717, 1.165) is 33.3 Å². The highest BCUT2D eigenvalue weighted by molar-refractivity contribution is 5.85. The maximum absolute atomic E-state index is 10.6. The highest BCUT2D eigenvalue weighted by Gasteiger charge is 2.38. The number of fused-ring (bicyclic) bond motifs is 1. The van der Waals surface area contributed by atoms with Gasteiger partial charge in [-0.25, -0.2) is 9.48 Å². The fraction of sp³-hybridized carbons (Fsp3) is 0.0952. The van der Waals surface area contributed by atoms with Crippen LogP contribution in [0.4, 0.5) is 13.2 Å². The van der Waals surface area contributed by atoms with Gasteiger partial charge in [-0.05, 0) is 52.7 Å². The van der Waals surface area contributed by atoms with Crippen LogP contribution in [0.2, 0.25) is 0 Å². The molecule has 4 aromatic rings. The van der Waals surface area contributed by atoms with E-state index in [4.69, 9.17) is 14.6 Å². The average Bonchev–Trinajstić information content (AvgIpc) is 3.24. The third kappa shape index (κ3) is 4.93. The Labute approximate surface area is 169 Å². The number of pyridine rings is 1. The molecule has 4 rings (SSSR count). The molecule has 6 nitrogen and oxygen atoms in total. The molecular weight excluding hydrogens is 399 g/mol. The van der Waals surface area contributed by atoms with Gasteiger partial charge in [0.25, 0.3) is 0 Å². The van der Waals surface area contributed by atoms with Crippen molar-refractivity contribution in [3.8, 4) is 22.6 Å². The molecule has 9 heteroatoms. The van der Waals surface area contributed by atoms with Crippen LogP contribution in [-0.4, -0.2) is 39.1 Å². The fourth-order valence-electron chi connectivity index (χ4n) is 2.64. The molecule has 0 saturated carbocycles. The molecule has 0 spiro atoms. The van der Waals surface area contributed by atoms with E-state index in [1.54, 1.807) is 19.5 Å². The number of methoxy groups -OCH3 is 1. The predicted molar refractivity (Wildman–Crippen MR) is 105 cm³/mol. The van der Waals surface area contributed by atoms with Gasteiger partial charge < -0.3 is 9.84 Å². The summed E-state index contributed by atoms with van der Waals surface area (Å²) in [5.41, 5.74) is 3.21. The number of nitrogens with zero attached hydrogens (tertiary/aromatic N) is 3. The molecule has 1 N–H and O–H groups in total. The van der Waals surface area contributed by atoms with Gasteiger partial charge in [-0.2, -0.15) is 18.3 Å². The van der Waals surface area contributed by atoms with Crippen molar-refractivity contribution < 1.29 is 27.8 Å². The standard InChI is InChI=1S/C19H15N3O.C2HF3O2/c1-23-19-5-3-15-10-18(4-2-16(15)11-19)22-13-17(12-21-22)14-6-8-20-9-7-14;3-2(4,5)1(6)7/h2-13H,1H3;(H,6,7). The zero-order valence-electron chi connectivity index (χ0n) is 15.7. The van der Waals surface area contributed by atoms with Crippen LogP contribution >= 0.6 is 0 Å². The first kappa shape index (κ1) is 20.8. The number of carbonyl (C=O) groups is 1. The van der Waals surface area contributed by atoms with E-state index in [-0.39, 0.29) is 0 Å². The van der Waals surface area contributed by atoms with Gasteiger partial charge >= 0.3 is 12.1 Å². The van der Waals surface area contributed by atoms with E-state index in [1.807, 2.05) is 41.3 Å². The summed E-state index contributed by atoms with van der Waals surface area (Å²) in [7, 11) is 1.68. The van der Waals surface area contributed by atoms with Crippen molar-refractivity contribution in [1.82, 2.24) is 14.8 Å². The van der Waals surface area contributed by atoms with Gasteiger partial charge in [-0.3, -0.25) is 4.98 Å². The number of carboxylic acid groups (broad SMARTS) is 1. The van der Waals surface area contributed by atoms with E-state index in [9.17, 15) is 13.2 Å². The van der Waals surface area contributed by atoms with E-state index >= 15 is 0 Å². The van der Waals surface area contributed by atoms with Crippen LogP contribution in [0.3, 0.4) is 0 Å². The van der Waals surface area contributed by atoms with Crippen LogP contribution in [-0.2, 0) is 4.79 Å². The van der Waals surface area contributed by atoms with Crippen LogP contribution in [0, 0.1) is 0 Å². The molecule has 0 unspecified atom stereocenters. The molecular formula is C21H16F3N3O3. The quantitative estimate of drug-likeness (QED) is 0.524. The molecule has 0 bridgehead atoms. The van der Waals surface area contributed by atoms with E-state index in [1.165, 1.54) is 0 Å². The summed E-state index contributed by atoms with van der Waals surface area (Å²) in [5, 5.41) is 13.9. The molecule has 0 aliphatic carbocycles. The second kappa shape index (κ2) is 8.64. The Hall–Kier alpha value is -3.88. The lowest BCUT2D eigenvalue weighted by molar-refractivity contribution is -0.192. The lowest BCUT2D eigenvalue weighted by Gasteiger charge is -2.06. The third-order valence-corrected chi connectivity index (χ3v) is 4.13. The second-order valence-corrected chi connectivity index (χ2v) is 6.11. The summed E-state index contributed by atoms with van der Waals surface area (Å²) < 4.78 is 38.9. The van der Waals surface area contributed by atoms with Crippen molar-refractivity contribution in [2.75, 3.05) is 7.11 Å². The van der Waals surface area contributed by atoms with Crippen LogP contribution in [0.5, 0.6) is 5.75 Å². The summed E-state index contributed by atoms with van der Waals surface area (Å²) in [5.74, 6) is -1.89. The number of aromatic nitrogens is 3. The molecule has 0 aliphatic heterocycles. The number of hydrogen-bond donors (Lipinski definition) is 1. The third-order valence-electron chi connectivity index (χ3n) is 4.13. The molecule has 0 fully saturated rings. The molecule has 2 heterocycles. The first-order valence-corrected chi connectivity index (χ1v) is 8.61. The number of hydrogen-bond acceptors (Lipinski definition) is 4. The molecule has 0 saturated heterocycles. The van der Waals surface area contributed by atoms with Gasteiger partial charge in [0, 0.05) is 24.2 Å². The monoisotopic (exact) mass is 415 g/mol. The normalized spacial score (nSPS) is 10.9. The number of carboxylic acids is 1. The number of alkyl halides is 3. The van der Waals surface area contributed by atoms with Gasteiger partial charge in [0.15, 0.2) is 0 Å². The molecule has 0 aliphatic rings. The Morgan fingerprint density at radius 3 is 2.27 bits per heavy atom. The lowest BCUT2D eigenvalue weighted by atomic mass is 10.1. The Morgan fingerprint density at radius 1 is 1.00 bits per heavy atom. The second-order valence-electron chi connectivity index (χ2n) is 6.11. The van der Waals surface area contributed by atoms with Gasteiger partial charge in [0.2, 0.25) is 0 Å². The molecule has 0 atom stereocenters.